The zero-order valence-corrected chi connectivity index (χ0v) is 11.2. The summed E-state index contributed by atoms with van der Waals surface area (Å²) in [4.78, 5) is 0. The second-order valence-corrected chi connectivity index (χ2v) is 5.55. The largest absolute Gasteiger partial charge is 0.248 e. The molecule has 0 unspecified atom stereocenters. The molecule has 0 aromatic rings. The average molecular weight is 239 g/mol. The molecule has 0 aromatic carbocycles. The molecule has 0 saturated heterocycles. The second kappa shape index (κ2) is 8.90. The molecule has 0 radical (unpaired) electrons. The molecule has 2 heteroatoms. The number of rotatable bonds is 2. The maximum absolute atomic E-state index is 5.77. The van der Waals surface area contributed by atoms with Crippen LogP contribution in [0, 0.1) is 17.2 Å². The lowest BCUT2D eigenvalue weighted by atomic mass is 9.78. The minimum atomic E-state index is 1.12. The molecule has 92 valence electrons. The molecule has 2 rings (SSSR count). The molecule has 2 aliphatic carbocycles. The average Bonchev–Trinajstić information content (AvgIpc) is 2.33. The normalized spacial score (nSPS) is 23.0. The van der Waals surface area contributed by atoms with Crippen molar-refractivity contribution in [1.82, 2.24) is 0 Å². The van der Waals surface area contributed by atoms with Gasteiger partial charge in [-0.15, -0.1) is 0 Å². The number of hydrogen-bond acceptors (Lipinski definition) is 2. The lowest BCUT2D eigenvalue weighted by molar-refractivity contribution is 0.244. The highest BCUT2D eigenvalue weighted by molar-refractivity contribution is 7.78. The molecule has 2 aliphatic rings. The van der Waals surface area contributed by atoms with E-state index in [1.54, 1.807) is 37.3 Å². The third-order valence-corrected chi connectivity index (χ3v) is 4.12. The molecule has 0 atom stereocenters. The summed E-state index contributed by atoms with van der Waals surface area (Å²) in [6.07, 6.45) is 16.9. The van der Waals surface area contributed by atoms with Gasteiger partial charge >= 0.3 is 0 Å². The Hall–Kier alpha value is -0.200. The molecule has 0 aromatic heterocycles. The van der Waals surface area contributed by atoms with Crippen LogP contribution in [0.5, 0.6) is 0 Å². The van der Waals surface area contributed by atoms with Crippen molar-refractivity contribution >= 4 is 17.4 Å². The molecule has 0 spiro atoms. The van der Waals surface area contributed by atoms with E-state index in [1.165, 1.54) is 38.5 Å². The van der Waals surface area contributed by atoms with Crippen molar-refractivity contribution in [2.45, 2.75) is 70.6 Å². The zero-order chi connectivity index (χ0) is 11.6. The van der Waals surface area contributed by atoms with Crippen LogP contribution in [0.25, 0.3) is 0 Å². The van der Waals surface area contributed by atoms with Crippen LogP contribution in [0.2, 0.25) is 0 Å². The van der Waals surface area contributed by atoms with E-state index < -0.39 is 0 Å². The number of isothiocyanates is 1. The lowest BCUT2D eigenvalue weighted by Gasteiger charge is -2.28. The molecule has 1 nitrogen and oxygen atoms in total. The molecule has 2 fully saturated rings. The van der Waals surface area contributed by atoms with E-state index in [9.17, 15) is 0 Å². The number of nitrogens with one attached hydrogen (secondary N) is 1. The molecular weight excluding hydrogens is 214 g/mol. The molecule has 0 amide bonds. The molecule has 1 N–H and O–H groups in total. The first kappa shape index (κ1) is 13.9. The Labute approximate surface area is 106 Å². The van der Waals surface area contributed by atoms with Gasteiger partial charge in [0.1, 0.15) is 0 Å². The van der Waals surface area contributed by atoms with Crippen molar-refractivity contribution in [3.8, 4) is 0 Å². The van der Waals surface area contributed by atoms with Gasteiger partial charge in [0, 0.05) is 0 Å². The minimum Gasteiger partial charge on any atom is -0.248 e. The Balaban J connectivity index is 0.000000386. The third kappa shape index (κ3) is 5.77. The van der Waals surface area contributed by atoms with Gasteiger partial charge in [0.25, 0.3) is 0 Å². The minimum absolute atomic E-state index is 1.12. The van der Waals surface area contributed by atoms with Crippen molar-refractivity contribution < 1.29 is 0 Å². The van der Waals surface area contributed by atoms with Gasteiger partial charge in [-0.3, -0.25) is 0 Å². The first-order valence-corrected chi connectivity index (χ1v) is 7.31. The van der Waals surface area contributed by atoms with Crippen LogP contribution in [0.4, 0.5) is 0 Å². The Morgan fingerprint density at radius 2 is 1.12 bits per heavy atom. The molecule has 0 heterocycles. The molecule has 0 bridgehead atoms. The number of hydrogen-bond donors (Lipinski definition) is 1. The van der Waals surface area contributed by atoms with E-state index in [0.29, 0.717) is 0 Å². The van der Waals surface area contributed by atoms with Gasteiger partial charge in [-0.1, -0.05) is 64.2 Å². The monoisotopic (exact) mass is 239 g/mol. The van der Waals surface area contributed by atoms with Crippen molar-refractivity contribution in [3.63, 3.8) is 0 Å². The van der Waals surface area contributed by atoms with Gasteiger partial charge < -0.3 is 0 Å². The summed E-state index contributed by atoms with van der Waals surface area (Å²) in [5, 5.41) is 7.36. The van der Waals surface area contributed by atoms with Gasteiger partial charge in [0.05, 0.1) is 5.16 Å². The summed E-state index contributed by atoms with van der Waals surface area (Å²) in [5.41, 5.74) is 0. The third-order valence-electron chi connectivity index (χ3n) is 4.12. The number of thiocarbonyl (C=S) groups is 1. The molecule has 16 heavy (non-hydrogen) atoms. The van der Waals surface area contributed by atoms with E-state index in [0.717, 1.165) is 11.8 Å². The SMILES string of the molecule is C1CCC(CC2CCCCC2)CC1.N=C=S. The highest BCUT2D eigenvalue weighted by Gasteiger charge is 2.20. The van der Waals surface area contributed by atoms with Gasteiger partial charge in [0.15, 0.2) is 0 Å². The van der Waals surface area contributed by atoms with Crippen LogP contribution in [-0.4, -0.2) is 5.16 Å². The Bertz CT molecular complexity index is 181. The van der Waals surface area contributed by atoms with Crippen molar-refractivity contribution in [2.75, 3.05) is 0 Å². The summed E-state index contributed by atoms with van der Waals surface area (Å²) in [7, 11) is 0. The maximum Gasteiger partial charge on any atom is 0.0554 e. The van der Waals surface area contributed by atoms with E-state index in [2.05, 4.69) is 12.2 Å². The van der Waals surface area contributed by atoms with Crippen LogP contribution < -0.4 is 0 Å². The van der Waals surface area contributed by atoms with E-state index in [4.69, 9.17) is 5.41 Å². The van der Waals surface area contributed by atoms with Gasteiger partial charge in [0.2, 0.25) is 0 Å². The topological polar surface area (TPSA) is 23.9 Å². The second-order valence-electron chi connectivity index (χ2n) is 5.35. The predicted molar refractivity (Wildman–Crippen MR) is 73.1 cm³/mol. The fourth-order valence-electron chi connectivity index (χ4n) is 3.32. The summed E-state index contributed by atoms with van der Waals surface area (Å²) in [6.45, 7) is 0. The van der Waals surface area contributed by atoms with Crippen LogP contribution in [-0.2, 0) is 0 Å². The fraction of sp³-hybridized carbons (Fsp3) is 0.929. The van der Waals surface area contributed by atoms with E-state index >= 15 is 0 Å². The summed E-state index contributed by atoms with van der Waals surface area (Å²) in [5.74, 6) is 2.24. The van der Waals surface area contributed by atoms with Crippen LogP contribution in [0.15, 0.2) is 0 Å². The van der Waals surface area contributed by atoms with Crippen molar-refractivity contribution in [1.29, 1.82) is 5.41 Å². The lowest BCUT2D eigenvalue weighted by Crippen LogP contribution is -2.14. The van der Waals surface area contributed by atoms with Crippen LogP contribution in [0.1, 0.15) is 70.6 Å². The van der Waals surface area contributed by atoms with Crippen molar-refractivity contribution in [2.24, 2.45) is 11.8 Å². The first-order valence-electron chi connectivity index (χ1n) is 6.90. The van der Waals surface area contributed by atoms with Crippen LogP contribution in [0.3, 0.4) is 0 Å². The van der Waals surface area contributed by atoms with Crippen LogP contribution >= 0.6 is 12.2 Å². The van der Waals surface area contributed by atoms with Gasteiger partial charge in [-0.05, 0) is 30.5 Å². The first-order chi connectivity index (χ1) is 7.86. The zero-order valence-electron chi connectivity index (χ0n) is 10.3. The maximum atomic E-state index is 5.77. The smallest absolute Gasteiger partial charge is 0.0554 e. The quantitative estimate of drug-likeness (QED) is 0.519. The fourth-order valence-corrected chi connectivity index (χ4v) is 3.32. The Morgan fingerprint density at radius 1 is 0.812 bits per heavy atom. The van der Waals surface area contributed by atoms with Crippen molar-refractivity contribution in [3.05, 3.63) is 0 Å². The van der Waals surface area contributed by atoms with E-state index in [-0.39, 0.29) is 0 Å². The summed E-state index contributed by atoms with van der Waals surface area (Å²) in [6, 6.07) is 0. The van der Waals surface area contributed by atoms with Gasteiger partial charge in [-0.25, -0.2) is 5.41 Å². The standard InChI is InChI=1S/C13H24.CHNS/c1-3-7-12(8-4-1)11-13-9-5-2-6-10-13;2-1-3/h12-13H,1-11H2;2H. The molecule has 0 aliphatic heterocycles. The molecule has 2 saturated carbocycles. The molecular formula is C14H25NS. The summed E-state index contributed by atoms with van der Waals surface area (Å²) < 4.78 is 0. The predicted octanol–water partition coefficient (Wildman–Crippen LogP) is 5.21. The summed E-state index contributed by atoms with van der Waals surface area (Å²) >= 11 is 3.81. The highest BCUT2D eigenvalue weighted by atomic mass is 32.1. The Kier molecular flexibility index (Phi) is 7.71. The van der Waals surface area contributed by atoms with Gasteiger partial charge in [-0.2, -0.15) is 0 Å². The highest BCUT2D eigenvalue weighted by Crippen LogP contribution is 2.34. The Morgan fingerprint density at radius 3 is 1.44 bits per heavy atom. The van der Waals surface area contributed by atoms with E-state index in [1.807, 2.05) is 0 Å².